The zero-order chi connectivity index (χ0) is 34.1. The molecule has 0 fully saturated rings. The molecule has 0 radical (unpaired) electrons. The summed E-state index contributed by atoms with van der Waals surface area (Å²) < 4.78 is 12.3. The predicted octanol–water partition coefficient (Wildman–Crippen LogP) is 8.56. The average molecular weight is 663 g/mol. The molecule has 6 aromatic rings. The second kappa shape index (κ2) is 19.0. The molecule has 2 aromatic heterocycles. The van der Waals surface area contributed by atoms with Gasteiger partial charge >= 0.3 is 0 Å². The van der Waals surface area contributed by atoms with Gasteiger partial charge in [-0.05, 0) is 96.7 Å². The quantitative estimate of drug-likeness (QED) is 0.0848. The van der Waals surface area contributed by atoms with Crippen molar-refractivity contribution in [3.63, 3.8) is 0 Å². The molecule has 0 saturated heterocycles. The Balaban J connectivity index is 1.12. The topological polar surface area (TPSA) is 68.3 Å². The Morgan fingerprint density at radius 2 is 0.800 bits per heavy atom. The average Bonchev–Trinajstić information content (AvgIpc) is 3.19. The summed E-state index contributed by atoms with van der Waals surface area (Å²) in [7, 11) is 0. The first kappa shape index (κ1) is 34.6. The molecule has 0 bridgehead atoms. The van der Waals surface area contributed by atoms with Crippen molar-refractivity contribution in [3.05, 3.63) is 192 Å². The minimum atomic E-state index is 0.0782. The lowest BCUT2D eigenvalue weighted by molar-refractivity contribution is 0.308. The van der Waals surface area contributed by atoms with Crippen LogP contribution in [0.5, 0.6) is 11.5 Å². The highest BCUT2D eigenvalue weighted by molar-refractivity contribution is 5.46. The Morgan fingerprint density at radius 1 is 0.420 bits per heavy atom. The van der Waals surface area contributed by atoms with E-state index in [1.54, 1.807) is 0 Å². The second-order valence-corrected chi connectivity index (χ2v) is 12.3. The zero-order valence-corrected chi connectivity index (χ0v) is 28.5. The lowest BCUT2D eigenvalue weighted by atomic mass is 9.74. The third-order valence-corrected chi connectivity index (χ3v) is 8.73. The van der Waals surface area contributed by atoms with Crippen molar-refractivity contribution in [2.75, 3.05) is 26.3 Å². The van der Waals surface area contributed by atoms with E-state index in [9.17, 15) is 0 Å². The lowest BCUT2D eigenvalue weighted by Crippen LogP contribution is -2.17. The molecule has 6 rings (SSSR count). The van der Waals surface area contributed by atoms with Gasteiger partial charge in [0.1, 0.15) is 11.5 Å². The molecule has 0 saturated carbocycles. The summed E-state index contributed by atoms with van der Waals surface area (Å²) in [6.45, 7) is 4.56. The Labute approximate surface area is 296 Å². The fraction of sp³-hybridized carbons (Fsp3) is 0.227. The highest BCUT2D eigenvalue weighted by Crippen LogP contribution is 2.43. The van der Waals surface area contributed by atoms with E-state index in [1.807, 2.05) is 48.8 Å². The summed E-state index contributed by atoms with van der Waals surface area (Å²) in [5.41, 5.74) is 7.12. The Hall–Kier alpha value is -5.30. The highest BCUT2D eigenvalue weighted by atomic mass is 16.5. The largest absolute Gasteiger partial charge is 0.494 e. The summed E-state index contributed by atoms with van der Waals surface area (Å²) in [6.07, 6.45) is 5.48. The van der Waals surface area contributed by atoms with Gasteiger partial charge in [-0.25, -0.2) is 0 Å². The summed E-state index contributed by atoms with van der Waals surface area (Å²) >= 11 is 0. The van der Waals surface area contributed by atoms with Gasteiger partial charge < -0.3 is 20.1 Å². The zero-order valence-electron chi connectivity index (χ0n) is 28.5. The summed E-state index contributed by atoms with van der Waals surface area (Å²) in [6, 6.07) is 50.9. The number of pyridine rings is 2. The van der Waals surface area contributed by atoms with Crippen LogP contribution in [0.4, 0.5) is 0 Å². The number of nitrogens with one attached hydrogen (secondary N) is 2. The van der Waals surface area contributed by atoms with Crippen molar-refractivity contribution in [2.24, 2.45) is 0 Å². The number of aromatic nitrogens is 2. The van der Waals surface area contributed by atoms with Crippen molar-refractivity contribution in [3.8, 4) is 11.5 Å². The van der Waals surface area contributed by atoms with Gasteiger partial charge in [0.05, 0.1) is 24.6 Å². The minimum absolute atomic E-state index is 0.0782. The molecule has 4 aromatic carbocycles. The number of nitrogens with zero attached hydrogens (tertiary/aromatic N) is 2. The third kappa shape index (κ3) is 10.3. The van der Waals surface area contributed by atoms with E-state index >= 15 is 0 Å². The van der Waals surface area contributed by atoms with Crippen LogP contribution in [0.25, 0.3) is 0 Å². The van der Waals surface area contributed by atoms with E-state index in [1.165, 1.54) is 22.3 Å². The van der Waals surface area contributed by atoms with Crippen LogP contribution in [0, 0.1) is 0 Å². The van der Waals surface area contributed by atoms with E-state index < -0.39 is 0 Å². The number of rotatable bonds is 19. The van der Waals surface area contributed by atoms with Crippen LogP contribution < -0.4 is 20.1 Å². The molecule has 6 heteroatoms. The van der Waals surface area contributed by atoms with E-state index in [2.05, 4.69) is 130 Å². The normalized spacial score (nSPS) is 11.2. The van der Waals surface area contributed by atoms with Gasteiger partial charge in [-0.15, -0.1) is 0 Å². The fourth-order valence-electron chi connectivity index (χ4n) is 6.23. The first-order valence-electron chi connectivity index (χ1n) is 17.6. The van der Waals surface area contributed by atoms with E-state index in [0.29, 0.717) is 13.2 Å². The van der Waals surface area contributed by atoms with Gasteiger partial charge in [-0.3, -0.25) is 9.97 Å². The smallest absolute Gasteiger partial charge is 0.119 e. The van der Waals surface area contributed by atoms with Gasteiger partial charge in [-0.1, -0.05) is 97.1 Å². The molecule has 254 valence electrons. The van der Waals surface area contributed by atoms with Gasteiger partial charge in [0.2, 0.25) is 0 Å². The summed E-state index contributed by atoms with van der Waals surface area (Å²) in [5, 5.41) is 6.89. The number of hydrogen-bond donors (Lipinski definition) is 2. The van der Waals surface area contributed by atoms with Crippen molar-refractivity contribution < 1.29 is 9.47 Å². The van der Waals surface area contributed by atoms with Crippen molar-refractivity contribution in [2.45, 2.75) is 37.8 Å². The summed E-state index contributed by atoms with van der Waals surface area (Å²) in [5.74, 6) is 1.96. The van der Waals surface area contributed by atoms with Crippen LogP contribution >= 0.6 is 0 Å². The Bertz CT molecular complexity index is 1650. The van der Waals surface area contributed by atoms with Gasteiger partial charge in [-0.2, -0.15) is 0 Å². The number of ether oxygens (including phenoxy) is 2. The fourth-order valence-corrected chi connectivity index (χ4v) is 6.23. The second-order valence-electron chi connectivity index (χ2n) is 12.3. The lowest BCUT2D eigenvalue weighted by Gasteiger charge is -2.30. The van der Waals surface area contributed by atoms with Crippen LogP contribution in [0.15, 0.2) is 158 Å². The van der Waals surface area contributed by atoms with Gasteiger partial charge in [0.15, 0.2) is 0 Å². The first-order chi connectivity index (χ1) is 24.8. The van der Waals surface area contributed by atoms with Crippen molar-refractivity contribution in [1.29, 1.82) is 0 Å². The molecular weight excluding hydrogens is 617 g/mol. The maximum Gasteiger partial charge on any atom is 0.119 e. The van der Waals surface area contributed by atoms with Crippen LogP contribution in [-0.4, -0.2) is 36.3 Å². The van der Waals surface area contributed by atoms with E-state index in [0.717, 1.165) is 61.9 Å². The number of benzene rings is 4. The molecule has 0 unspecified atom stereocenters. The van der Waals surface area contributed by atoms with Crippen LogP contribution in [0.3, 0.4) is 0 Å². The molecule has 0 atom stereocenters. The van der Waals surface area contributed by atoms with Crippen LogP contribution in [-0.2, 0) is 13.1 Å². The predicted molar refractivity (Wildman–Crippen MR) is 202 cm³/mol. The van der Waals surface area contributed by atoms with Gasteiger partial charge in [0.25, 0.3) is 0 Å². The van der Waals surface area contributed by atoms with Crippen molar-refractivity contribution >= 4 is 0 Å². The highest BCUT2D eigenvalue weighted by Gasteiger charge is 2.28. The molecule has 0 amide bonds. The van der Waals surface area contributed by atoms with E-state index in [4.69, 9.17) is 9.47 Å². The maximum atomic E-state index is 6.15. The van der Waals surface area contributed by atoms with Gasteiger partial charge in [0, 0.05) is 37.3 Å². The van der Waals surface area contributed by atoms with Crippen LogP contribution in [0.2, 0.25) is 0 Å². The molecule has 6 nitrogen and oxygen atoms in total. The molecule has 0 aliphatic carbocycles. The molecule has 50 heavy (non-hydrogen) atoms. The minimum Gasteiger partial charge on any atom is -0.494 e. The molecule has 0 aliphatic rings. The Morgan fingerprint density at radius 3 is 1.18 bits per heavy atom. The maximum absolute atomic E-state index is 6.15. The monoisotopic (exact) mass is 662 g/mol. The SMILES string of the molecule is c1ccc(C(c2ccccc2)C(c2ccc(OCCCNCc3ccccn3)cc2)c2ccc(OCCCNCc3ccccn3)cc2)cc1. The molecule has 0 aliphatic heterocycles. The third-order valence-electron chi connectivity index (χ3n) is 8.73. The standard InChI is InChI=1S/C44H46N4O2/c1-3-13-35(14-4-1)43(36-15-5-2-6-16-36)44(37-19-23-41(24-20-37)49-31-11-27-45-33-39-17-7-9-29-47-39)38-21-25-42(26-22-38)50-32-12-28-46-34-40-18-8-10-30-48-40/h1-10,13-26,29-30,43-46H,11-12,27-28,31-34H2. The van der Waals surface area contributed by atoms with Crippen molar-refractivity contribution in [1.82, 2.24) is 20.6 Å². The Kier molecular flexibility index (Phi) is 13.2. The van der Waals surface area contributed by atoms with E-state index in [-0.39, 0.29) is 11.8 Å². The molecule has 2 heterocycles. The first-order valence-corrected chi connectivity index (χ1v) is 17.6. The van der Waals surface area contributed by atoms with Crippen LogP contribution in [0.1, 0.15) is 58.3 Å². The molecule has 0 spiro atoms. The molecular formula is C44H46N4O2. The number of hydrogen-bond acceptors (Lipinski definition) is 6. The summed E-state index contributed by atoms with van der Waals surface area (Å²) in [4.78, 5) is 8.74. The molecule has 2 N–H and O–H groups in total.